The van der Waals surface area contributed by atoms with Gasteiger partial charge in [-0.1, -0.05) is 5.92 Å². The summed E-state index contributed by atoms with van der Waals surface area (Å²) in [6.07, 6.45) is -3.59. The maximum Gasteiger partial charge on any atom is 0.490 e. The summed E-state index contributed by atoms with van der Waals surface area (Å²) in [4.78, 5) is 51.4. The van der Waals surface area contributed by atoms with E-state index >= 15 is 0 Å². The largest absolute Gasteiger partial charge is 0.490 e. The van der Waals surface area contributed by atoms with Gasteiger partial charge in [-0.2, -0.15) is 13.6 Å². The lowest BCUT2D eigenvalue weighted by molar-refractivity contribution is -0.0467. The van der Waals surface area contributed by atoms with E-state index in [1.54, 1.807) is 0 Å². The lowest BCUT2D eigenvalue weighted by Gasteiger charge is -2.27. The Bertz CT molecular complexity index is 1130. The molecule has 0 bridgehead atoms. The van der Waals surface area contributed by atoms with Gasteiger partial charge in [0.05, 0.1) is 6.61 Å². The predicted octanol–water partition coefficient (Wildman–Crippen LogP) is -1.85. The van der Waals surface area contributed by atoms with Crippen molar-refractivity contribution in [2.75, 3.05) is 12.3 Å². The average Bonchev–Trinajstić information content (AvgIpc) is 2.82. The van der Waals surface area contributed by atoms with Gasteiger partial charge in [0, 0.05) is 6.20 Å². The fraction of sp³-hybridized carbons (Fsp3) is 0.500. The number of nitrogens with zero attached hydrogens (tertiary/aromatic N) is 2. The number of nitrogens with two attached hydrogens (primary N) is 2. The molecule has 0 aliphatic carbocycles. The van der Waals surface area contributed by atoms with Gasteiger partial charge in [-0.05, 0) is 13.0 Å². The molecule has 3 unspecified atom stereocenters. The van der Waals surface area contributed by atoms with E-state index in [2.05, 4.69) is 30.0 Å². The second kappa shape index (κ2) is 9.41. The molecule has 2 rings (SSSR count). The van der Waals surface area contributed by atoms with Crippen LogP contribution in [0.25, 0.3) is 0 Å². The Hall–Kier alpha value is -1.47. The van der Waals surface area contributed by atoms with Crippen molar-refractivity contribution < 1.29 is 56.3 Å². The highest BCUT2D eigenvalue weighted by atomic mass is 31.3. The quantitative estimate of drug-likeness (QED) is 0.146. The number of nitrogen functional groups attached to an aromatic ring is 1. The van der Waals surface area contributed by atoms with E-state index in [1.165, 1.54) is 13.0 Å². The highest BCUT2D eigenvalue weighted by molar-refractivity contribution is 7.66. The molecule has 1 aliphatic rings. The zero-order valence-electron chi connectivity index (χ0n) is 16.0. The van der Waals surface area contributed by atoms with Crippen LogP contribution >= 0.6 is 23.5 Å². The molecule has 20 heteroatoms. The summed E-state index contributed by atoms with van der Waals surface area (Å²) >= 11 is 0. The number of rotatable bonds is 8. The van der Waals surface area contributed by atoms with Crippen LogP contribution in [0.5, 0.6) is 0 Å². The molecule has 0 spiro atoms. The van der Waals surface area contributed by atoms with Crippen molar-refractivity contribution in [3.05, 3.63) is 22.7 Å². The molecule has 0 amide bonds. The minimum Gasteiger partial charge on any atom is -0.387 e. The summed E-state index contributed by atoms with van der Waals surface area (Å²) in [5.74, 6) is 4.82. The average molecular weight is 520 g/mol. The monoisotopic (exact) mass is 520 g/mol. The molecule has 1 fully saturated rings. The van der Waals surface area contributed by atoms with Gasteiger partial charge in [-0.15, -0.1) is 5.92 Å². The van der Waals surface area contributed by atoms with E-state index in [0.29, 0.717) is 0 Å². The maximum absolute atomic E-state index is 12.2. The second-order valence-corrected chi connectivity index (χ2v) is 10.6. The number of aliphatic hydroxyl groups is 1. The van der Waals surface area contributed by atoms with E-state index < -0.39 is 59.7 Å². The van der Waals surface area contributed by atoms with Crippen LogP contribution in [-0.2, 0) is 31.6 Å². The van der Waals surface area contributed by atoms with Gasteiger partial charge in [-0.25, -0.2) is 18.5 Å². The molecule has 1 aliphatic heterocycles. The molecular weight excluding hydrogens is 501 g/mol. The van der Waals surface area contributed by atoms with Crippen molar-refractivity contribution in [1.29, 1.82) is 0 Å². The summed E-state index contributed by atoms with van der Waals surface area (Å²) in [5, 5.41) is 10.6. The van der Waals surface area contributed by atoms with Crippen LogP contribution in [-0.4, -0.2) is 58.6 Å². The Morgan fingerprint density at radius 1 is 1.25 bits per heavy atom. The standard InChI is InChI=1S/C12H19N4O13P3/c1-2-4-12(14)9(17)7(27-10(12)16-5-3-8(13)15-11(16)18)6-26-31(22,23)29-32(24,25)28-30(19,20)21/h3,5,7,9-10,17H,6,14H2,1H3,(H,22,23)(H,24,25)(H2,13,15,18)(H2,19,20,21)/t7-,9+,10-,12?/m1/s1. The topological polar surface area (TPSA) is 276 Å². The molecule has 0 radical (unpaired) electrons. The number of phosphoric ester groups is 1. The normalized spacial score (nSPS) is 29.5. The van der Waals surface area contributed by atoms with Gasteiger partial charge in [0.25, 0.3) is 0 Å². The van der Waals surface area contributed by atoms with Gasteiger partial charge in [0.2, 0.25) is 0 Å². The van der Waals surface area contributed by atoms with Crippen LogP contribution < -0.4 is 17.2 Å². The summed E-state index contributed by atoms with van der Waals surface area (Å²) in [6.45, 7) is 0.366. The van der Waals surface area contributed by atoms with E-state index in [-0.39, 0.29) is 5.82 Å². The van der Waals surface area contributed by atoms with Crippen molar-refractivity contribution in [1.82, 2.24) is 9.55 Å². The first kappa shape index (κ1) is 26.8. The van der Waals surface area contributed by atoms with Crippen molar-refractivity contribution in [3.8, 4) is 11.8 Å². The van der Waals surface area contributed by atoms with Gasteiger partial charge in [0.15, 0.2) is 11.8 Å². The number of phosphoric acid groups is 3. The molecule has 6 atom stereocenters. The number of anilines is 1. The third-order valence-corrected chi connectivity index (χ3v) is 7.62. The first-order valence-corrected chi connectivity index (χ1v) is 12.7. The molecule has 1 aromatic heterocycles. The van der Waals surface area contributed by atoms with Crippen LogP contribution in [0.1, 0.15) is 13.2 Å². The Morgan fingerprint density at radius 2 is 1.88 bits per heavy atom. The summed E-state index contributed by atoms with van der Waals surface area (Å²) < 4.78 is 51.8. The number of hydrogen-bond acceptors (Lipinski definition) is 12. The third-order valence-electron chi connectivity index (χ3n) is 3.82. The zero-order valence-corrected chi connectivity index (χ0v) is 18.7. The number of ether oxygens (including phenoxy) is 1. The lowest BCUT2D eigenvalue weighted by atomic mass is 9.91. The maximum atomic E-state index is 12.2. The number of hydrogen-bond donors (Lipinski definition) is 7. The Morgan fingerprint density at radius 3 is 2.41 bits per heavy atom. The zero-order chi connectivity index (χ0) is 24.5. The summed E-state index contributed by atoms with van der Waals surface area (Å²) in [7, 11) is -16.8. The molecule has 2 heterocycles. The van der Waals surface area contributed by atoms with Crippen molar-refractivity contribution in [2.24, 2.45) is 5.73 Å². The van der Waals surface area contributed by atoms with Gasteiger partial charge < -0.3 is 40.9 Å². The highest BCUT2D eigenvalue weighted by Gasteiger charge is 2.55. The van der Waals surface area contributed by atoms with Crippen molar-refractivity contribution >= 4 is 29.3 Å². The van der Waals surface area contributed by atoms with Crippen LogP contribution in [0.3, 0.4) is 0 Å². The predicted molar refractivity (Wildman–Crippen MR) is 103 cm³/mol. The van der Waals surface area contributed by atoms with Gasteiger partial charge in [-0.3, -0.25) is 9.09 Å². The highest BCUT2D eigenvalue weighted by Crippen LogP contribution is 2.66. The minimum absolute atomic E-state index is 0.113. The molecule has 17 nitrogen and oxygen atoms in total. The molecule has 0 aromatic carbocycles. The van der Waals surface area contributed by atoms with E-state index in [1.807, 2.05) is 0 Å². The lowest BCUT2D eigenvalue weighted by Crippen LogP contribution is -2.55. The summed E-state index contributed by atoms with van der Waals surface area (Å²) in [6, 6.07) is 1.23. The molecule has 32 heavy (non-hydrogen) atoms. The van der Waals surface area contributed by atoms with E-state index in [9.17, 15) is 28.5 Å². The summed E-state index contributed by atoms with van der Waals surface area (Å²) in [5.41, 5.74) is 8.69. The first-order valence-electron chi connectivity index (χ1n) is 8.19. The van der Waals surface area contributed by atoms with Crippen LogP contribution in [0, 0.1) is 11.8 Å². The third kappa shape index (κ3) is 6.53. The van der Waals surface area contributed by atoms with E-state index in [4.69, 9.17) is 30.9 Å². The molecular formula is C12H19N4O13P3. The first-order chi connectivity index (χ1) is 14.5. The molecule has 1 saturated heterocycles. The molecule has 180 valence electrons. The smallest absolute Gasteiger partial charge is 0.387 e. The van der Waals surface area contributed by atoms with Gasteiger partial charge in [0.1, 0.15) is 18.0 Å². The minimum atomic E-state index is -5.74. The SMILES string of the molecule is CC#CC1(N)[C@@H](O)[C@@H](COP(=O)(O)OP(=O)(O)OP(=O)(O)O)O[C@H]1n1ccc(N)nc1=O. The Kier molecular flexibility index (Phi) is 7.88. The van der Waals surface area contributed by atoms with Crippen molar-refractivity contribution in [2.45, 2.75) is 30.9 Å². The molecule has 0 saturated carbocycles. The second-order valence-electron chi connectivity index (χ2n) is 6.21. The molecule has 9 N–H and O–H groups in total. The Labute approximate surface area is 179 Å². The van der Waals surface area contributed by atoms with Crippen LogP contribution in [0.4, 0.5) is 5.82 Å². The Balaban J connectivity index is 2.23. The molecule has 1 aromatic rings. The van der Waals surface area contributed by atoms with Gasteiger partial charge >= 0.3 is 29.2 Å². The van der Waals surface area contributed by atoms with Crippen LogP contribution in [0.15, 0.2) is 17.1 Å². The number of aromatic nitrogens is 2. The van der Waals surface area contributed by atoms with Crippen LogP contribution in [0.2, 0.25) is 0 Å². The van der Waals surface area contributed by atoms with E-state index in [0.717, 1.165) is 10.8 Å². The van der Waals surface area contributed by atoms with Crippen molar-refractivity contribution in [3.63, 3.8) is 0 Å². The fourth-order valence-corrected chi connectivity index (χ4v) is 5.69. The fourth-order valence-electron chi connectivity index (χ4n) is 2.66. The number of aliphatic hydroxyl groups excluding tert-OH is 1.